The van der Waals surface area contributed by atoms with E-state index < -0.39 is 7.12 Å². The summed E-state index contributed by atoms with van der Waals surface area (Å²) in [6.07, 6.45) is 1.66. The molecule has 0 atom stereocenters. The second-order valence-electron chi connectivity index (χ2n) is 5.90. The Morgan fingerprint density at radius 3 is 2.42 bits per heavy atom. The Balaban J connectivity index is 2.00. The van der Waals surface area contributed by atoms with Crippen molar-refractivity contribution in [3.8, 4) is 0 Å². The van der Waals surface area contributed by atoms with Gasteiger partial charge < -0.3 is 9.31 Å². The minimum absolute atomic E-state index is 0.375. The third kappa shape index (κ3) is 1.84. The summed E-state index contributed by atoms with van der Waals surface area (Å²) in [7, 11) is -0.490. The topological polar surface area (TPSA) is 72.9 Å². The maximum absolute atomic E-state index is 5.96. The number of aromatic nitrogens is 4. The van der Waals surface area contributed by atoms with Gasteiger partial charge in [-0.05, 0) is 34.6 Å². The number of nitrogens with one attached hydrogen (secondary N) is 1. The Kier molecular flexibility index (Phi) is 2.49. The maximum atomic E-state index is 5.96. The molecular weight excluding hydrogens is 243 g/mol. The Hall–Kier alpha value is -1.47. The van der Waals surface area contributed by atoms with Gasteiger partial charge in [0.2, 0.25) is 0 Å². The minimum Gasteiger partial charge on any atom is -0.398 e. The molecule has 0 spiro atoms. The molecule has 6 nitrogen and oxygen atoms in total. The SMILES string of the molecule is Cc1[nH]nc2ncc(B3OC(C)(C)C(C)(C)O3)nc12. The highest BCUT2D eigenvalue weighted by Gasteiger charge is 2.52. The summed E-state index contributed by atoms with van der Waals surface area (Å²) in [5.74, 6) is 0. The molecule has 19 heavy (non-hydrogen) atoms. The number of rotatable bonds is 1. The van der Waals surface area contributed by atoms with Crippen LogP contribution in [0.5, 0.6) is 0 Å². The van der Waals surface area contributed by atoms with Gasteiger partial charge in [0.1, 0.15) is 5.52 Å². The van der Waals surface area contributed by atoms with E-state index in [0.717, 1.165) is 11.2 Å². The van der Waals surface area contributed by atoms with E-state index in [9.17, 15) is 0 Å². The maximum Gasteiger partial charge on any atom is 0.516 e. The van der Waals surface area contributed by atoms with Crippen LogP contribution in [-0.2, 0) is 9.31 Å². The summed E-state index contributed by atoms with van der Waals surface area (Å²) in [5, 5.41) is 6.93. The van der Waals surface area contributed by atoms with E-state index in [1.165, 1.54) is 0 Å². The van der Waals surface area contributed by atoms with Crippen LogP contribution in [0.2, 0.25) is 0 Å². The Morgan fingerprint density at radius 2 is 1.79 bits per heavy atom. The molecule has 0 amide bonds. The van der Waals surface area contributed by atoms with Gasteiger partial charge in [0.15, 0.2) is 5.65 Å². The van der Waals surface area contributed by atoms with E-state index >= 15 is 0 Å². The van der Waals surface area contributed by atoms with Gasteiger partial charge in [0, 0.05) is 6.20 Å². The molecule has 100 valence electrons. The number of aromatic amines is 1. The van der Waals surface area contributed by atoms with Crippen LogP contribution in [0.25, 0.3) is 11.2 Å². The fraction of sp³-hybridized carbons (Fsp3) is 0.583. The summed E-state index contributed by atoms with van der Waals surface area (Å²) in [4.78, 5) is 8.82. The molecule has 7 heteroatoms. The van der Waals surface area contributed by atoms with Gasteiger partial charge in [0.25, 0.3) is 0 Å². The van der Waals surface area contributed by atoms with E-state index in [-0.39, 0.29) is 11.2 Å². The highest BCUT2D eigenvalue weighted by molar-refractivity contribution is 6.61. The van der Waals surface area contributed by atoms with Crippen LogP contribution in [0.1, 0.15) is 33.4 Å². The van der Waals surface area contributed by atoms with Crippen molar-refractivity contribution in [2.45, 2.75) is 45.8 Å². The predicted octanol–water partition coefficient (Wildman–Crippen LogP) is 0.961. The molecule has 0 unspecified atom stereocenters. The van der Waals surface area contributed by atoms with Gasteiger partial charge in [-0.15, -0.1) is 0 Å². The smallest absolute Gasteiger partial charge is 0.398 e. The first kappa shape index (κ1) is 12.6. The van der Waals surface area contributed by atoms with Crippen molar-refractivity contribution in [1.29, 1.82) is 0 Å². The normalized spacial score (nSPS) is 21.2. The van der Waals surface area contributed by atoms with Gasteiger partial charge in [-0.25, -0.2) is 9.97 Å². The van der Waals surface area contributed by atoms with Crippen molar-refractivity contribution in [2.75, 3.05) is 0 Å². The Morgan fingerprint density at radius 1 is 1.16 bits per heavy atom. The molecule has 1 saturated heterocycles. The highest BCUT2D eigenvalue weighted by atomic mass is 16.7. The molecule has 1 aliphatic heterocycles. The van der Waals surface area contributed by atoms with Gasteiger partial charge >= 0.3 is 7.12 Å². The minimum atomic E-state index is -0.490. The molecule has 0 bridgehead atoms. The molecule has 2 aromatic rings. The summed E-state index contributed by atoms with van der Waals surface area (Å²) < 4.78 is 11.9. The lowest BCUT2D eigenvalue weighted by molar-refractivity contribution is 0.00578. The predicted molar refractivity (Wildman–Crippen MR) is 72.1 cm³/mol. The second-order valence-corrected chi connectivity index (χ2v) is 5.90. The molecule has 3 rings (SSSR count). The third-order valence-corrected chi connectivity index (χ3v) is 3.95. The molecule has 0 aliphatic carbocycles. The van der Waals surface area contributed by atoms with E-state index in [0.29, 0.717) is 11.2 Å². The van der Waals surface area contributed by atoms with Crippen LogP contribution in [0.15, 0.2) is 6.20 Å². The number of fused-ring (bicyclic) bond motifs is 1. The number of hydrogen-bond acceptors (Lipinski definition) is 5. The molecule has 1 N–H and O–H groups in total. The molecule has 1 fully saturated rings. The van der Waals surface area contributed by atoms with Crippen LogP contribution in [0, 0.1) is 6.92 Å². The second kappa shape index (κ2) is 3.77. The number of aryl methyl sites for hydroxylation is 1. The van der Waals surface area contributed by atoms with Crippen LogP contribution in [0.3, 0.4) is 0 Å². The van der Waals surface area contributed by atoms with Crippen molar-refractivity contribution in [1.82, 2.24) is 20.2 Å². The van der Waals surface area contributed by atoms with Crippen LogP contribution >= 0.6 is 0 Å². The summed E-state index contributed by atoms with van der Waals surface area (Å²) in [5.41, 5.74) is 2.18. The first-order chi connectivity index (χ1) is 8.80. The quantitative estimate of drug-likeness (QED) is 0.773. The van der Waals surface area contributed by atoms with Crippen LogP contribution in [0.4, 0.5) is 0 Å². The van der Waals surface area contributed by atoms with E-state index in [2.05, 4.69) is 20.2 Å². The lowest BCUT2D eigenvalue weighted by Crippen LogP contribution is -2.41. The monoisotopic (exact) mass is 260 g/mol. The number of H-pyrrole nitrogens is 1. The molecule has 0 radical (unpaired) electrons. The van der Waals surface area contributed by atoms with Crippen molar-refractivity contribution >= 4 is 23.9 Å². The van der Waals surface area contributed by atoms with E-state index in [1.54, 1.807) is 6.20 Å². The van der Waals surface area contributed by atoms with Crippen molar-refractivity contribution in [3.05, 3.63) is 11.9 Å². The van der Waals surface area contributed by atoms with E-state index in [1.807, 2.05) is 34.6 Å². The first-order valence-electron chi connectivity index (χ1n) is 6.33. The largest absolute Gasteiger partial charge is 0.516 e. The van der Waals surface area contributed by atoms with Crippen molar-refractivity contribution in [3.63, 3.8) is 0 Å². The highest BCUT2D eigenvalue weighted by Crippen LogP contribution is 2.36. The third-order valence-electron chi connectivity index (χ3n) is 3.95. The van der Waals surface area contributed by atoms with Crippen LogP contribution < -0.4 is 5.59 Å². The molecular formula is C12H17BN4O2. The lowest BCUT2D eigenvalue weighted by Gasteiger charge is -2.32. The fourth-order valence-electron chi connectivity index (χ4n) is 2.00. The zero-order valence-corrected chi connectivity index (χ0v) is 11.8. The standard InChI is InChI=1S/C12H17BN4O2/c1-7-9-10(17-16-7)14-6-8(15-9)13-18-11(2,3)12(4,5)19-13/h6H,1-5H3,(H,14,16,17). The molecule has 0 aromatic carbocycles. The molecule has 1 aliphatic rings. The number of nitrogens with zero attached hydrogens (tertiary/aromatic N) is 3. The zero-order valence-electron chi connectivity index (χ0n) is 11.8. The van der Waals surface area contributed by atoms with Gasteiger partial charge in [-0.3, -0.25) is 5.10 Å². The Labute approximate surface area is 112 Å². The molecule has 0 saturated carbocycles. The summed E-state index contributed by atoms with van der Waals surface area (Å²) in [6, 6.07) is 0. The lowest BCUT2D eigenvalue weighted by atomic mass is 9.85. The zero-order chi connectivity index (χ0) is 13.8. The Bertz CT molecular complexity index is 622. The van der Waals surface area contributed by atoms with Gasteiger partial charge in [-0.2, -0.15) is 5.10 Å². The molecule has 2 aromatic heterocycles. The average Bonchev–Trinajstić information content (AvgIpc) is 2.78. The molecule has 3 heterocycles. The van der Waals surface area contributed by atoms with Crippen molar-refractivity contribution < 1.29 is 9.31 Å². The van der Waals surface area contributed by atoms with Crippen LogP contribution in [-0.4, -0.2) is 38.5 Å². The summed E-state index contributed by atoms with van der Waals surface area (Å²) >= 11 is 0. The first-order valence-corrected chi connectivity index (χ1v) is 6.33. The summed E-state index contributed by atoms with van der Waals surface area (Å²) in [6.45, 7) is 9.98. The average molecular weight is 260 g/mol. The van der Waals surface area contributed by atoms with E-state index in [4.69, 9.17) is 9.31 Å². The van der Waals surface area contributed by atoms with Gasteiger partial charge in [-0.1, -0.05) is 0 Å². The fourth-order valence-corrected chi connectivity index (χ4v) is 2.00. The van der Waals surface area contributed by atoms with Gasteiger partial charge in [0.05, 0.1) is 22.5 Å². The number of hydrogen-bond donors (Lipinski definition) is 1. The van der Waals surface area contributed by atoms with Crippen molar-refractivity contribution in [2.24, 2.45) is 0 Å².